The van der Waals surface area contributed by atoms with E-state index in [0.717, 1.165) is 24.2 Å². The van der Waals surface area contributed by atoms with Gasteiger partial charge in [-0.05, 0) is 25.5 Å². The highest BCUT2D eigenvalue weighted by molar-refractivity contribution is 7.17. The molecule has 0 aliphatic heterocycles. The van der Waals surface area contributed by atoms with E-state index in [9.17, 15) is 9.59 Å². The second-order valence-electron chi connectivity index (χ2n) is 6.22. The highest BCUT2D eigenvalue weighted by Gasteiger charge is 2.18. The molecule has 0 atom stereocenters. The smallest absolute Gasteiger partial charge is 0.339 e. The van der Waals surface area contributed by atoms with E-state index < -0.39 is 5.97 Å². The van der Waals surface area contributed by atoms with Crippen LogP contribution in [0.15, 0.2) is 40.8 Å². The molecule has 2 aromatic heterocycles. The van der Waals surface area contributed by atoms with E-state index in [-0.39, 0.29) is 11.1 Å². The van der Waals surface area contributed by atoms with Crippen molar-refractivity contribution >= 4 is 27.5 Å². The lowest BCUT2D eigenvalue weighted by Crippen LogP contribution is -2.24. The second-order valence-corrected chi connectivity index (χ2v) is 7.08. The number of aromatic nitrogens is 2. The third-order valence-electron chi connectivity index (χ3n) is 4.13. The number of fused-ring (bicyclic) bond motifs is 1. The van der Waals surface area contributed by atoms with Crippen molar-refractivity contribution in [3.8, 4) is 5.75 Å². The monoisotopic (exact) mass is 386 g/mol. The minimum atomic E-state index is -0.470. The maximum absolute atomic E-state index is 12.8. The van der Waals surface area contributed by atoms with Crippen molar-refractivity contribution in [2.24, 2.45) is 0 Å². The first kappa shape index (κ1) is 19.1. The molecule has 0 spiro atoms. The Bertz CT molecular complexity index is 976. The Morgan fingerprint density at radius 3 is 2.74 bits per heavy atom. The van der Waals surface area contributed by atoms with Crippen LogP contribution in [0.2, 0.25) is 0 Å². The minimum Gasteiger partial charge on any atom is -0.492 e. The summed E-state index contributed by atoms with van der Waals surface area (Å²) in [7, 11) is 0. The molecule has 142 valence electrons. The van der Waals surface area contributed by atoms with E-state index in [2.05, 4.69) is 4.98 Å². The first-order valence-electron chi connectivity index (χ1n) is 8.93. The van der Waals surface area contributed by atoms with Gasteiger partial charge in [0.15, 0.2) is 0 Å². The number of hydrogen-bond acceptors (Lipinski definition) is 6. The molecule has 0 aliphatic carbocycles. The topological polar surface area (TPSA) is 70.4 Å². The van der Waals surface area contributed by atoms with Gasteiger partial charge < -0.3 is 9.47 Å². The minimum absolute atomic E-state index is 0.254. The molecular formula is C20H22N2O4S. The Balaban J connectivity index is 1.73. The third kappa shape index (κ3) is 4.54. The lowest BCUT2D eigenvalue weighted by atomic mass is 10.2. The molecule has 0 amide bonds. The molecule has 6 nitrogen and oxygen atoms in total. The summed E-state index contributed by atoms with van der Waals surface area (Å²) >= 11 is 1.27. The van der Waals surface area contributed by atoms with Crippen LogP contribution >= 0.6 is 11.3 Å². The van der Waals surface area contributed by atoms with Gasteiger partial charge in [-0.15, -0.1) is 11.3 Å². The number of nitrogens with zero attached hydrogens (tertiary/aromatic N) is 2. The van der Waals surface area contributed by atoms with E-state index in [0.29, 0.717) is 30.0 Å². The Morgan fingerprint density at radius 2 is 2.00 bits per heavy atom. The van der Waals surface area contributed by atoms with E-state index >= 15 is 0 Å². The molecule has 0 saturated carbocycles. The van der Waals surface area contributed by atoms with Crippen LogP contribution in [0.1, 0.15) is 35.7 Å². The molecule has 27 heavy (non-hydrogen) atoms. The van der Waals surface area contributed by atoms with Crippen LogP contribution in [0.3, 0.4) is 0 Å². The molecular weight excluding hydrogens is 364 g/mol. The van der Waals surface area contributed by atoms with Gasteiger partial charge in [-0.25, -0.2) is 9.78 Å². The van der Waals surface area contributed by atoms with Crippen LogP contribution < -0.4 is 10.3 Å². The van der Waals surface area contributed by atoms with Crippen LogP contribution in [-0.4, -0.2) is 28.7 Å². The van der Waals surface area contributed by atoms with Gasteiger partial charge in [-0.1, -0.05) is 31.0 Å². The molecule has 0 bridgehead atoms. The Morgan fingerprint density at radius 1 is 1.22 bits per heavy atom. The van der Waals surface area contributed by atoms with Crippen LogP contribution in [0, 0.1) is 6.92 Å². The fourth-order valence-corrected chi connectivity index (χ4v) is 3.43. The van der Waals surface area contributed by atoms with Gasteiger partial charge >= 0.3 is 5.97 Å². The number of carbonyl (C=O) groups excluding carboxylic acids is 1. The van der Waals surface area contributed by atoms with Crippen molar-refractivity contribution in [3.05, 3.63) is 57.5 Å². The van der Waals surface area contributed by atoms with Crippen molar-refractivity contribution in [2.45, 2.75) is 33.2 Å². The first-order chi connectivity index (χ1) is 13.1. The van der Waals surface area contributed by atoms with Gasteiger partial charge in [0.25, 0.3) is 5.56 Å². The summed E-state index contributed by atoms with van der Waals surface area (Å²) < 4.78 is 12.4. The predicted molar refractivity (Wildman–Crippen MR) is 106 cm³/mol. The maximum Gasteiger partial charge on any atom is 0.339 e. The van der Waals surface area contributed by atoms with E-state index in [1.165, 1.54) is 22.2 Å². The maximum atomic E-state index is 12.8. The summed E-state index contributed by atoms with van der Waals surface area (Å²) in [5, 5.41) is 1.96. The van der Waals surface area contributed by atoms with Gasteiger partial charge in [0.05, 0.1) is 30.4 Å². The molecule has 7 heteroatoms. The Kier molecular flexibility index (Phi) is 6.24. The number of hydrogen-bond donors (Lipinski definition) is 0. The largest absolute Gasteiger partial charge is 0.492 e. The molecule has 0 fully saturated rings. The molecule has 3 rings (SSSR count). The molecule has 0 N–H and O–H groups in total. The number of benzene rings is 1. The predicted octanol–water partition coefficient (Wildman–Crippen LogP) is 3.80. The summed E-state index contributed by atoms with van der Waals surface area (Å²) in [5.41, 5.74) is 1.19. The average molecular weight is 386 g/mol. The molecule has 0 saturated heterocycles. The van der Waals surface area contributed by atoms with Crippen LogP contribution in [-0.2, 0) is 11.3 Å². The quantitative estimate of drug-likeness (QED) is 0.435. The van der Waals surface area contributed by atoms with Crippen LogP contribution in [0.5, 0.6) is 5.75 Å². The summed E-state index contributed by atoms with van der Waals surface area (Å²) in [6, 6.07) is 7.72. The van der Waals surface area contributed by atoms with Gasteiger partial charge in [0, 0.05) is 5.38 Å². The van der Waals surface area contributed by atoms with Gasteiger partial charge in [0.2, 0.25) is 0 Å². The number of unbranched alkanes of at least 4 members (excludes halogenated alkanes) is 1. The summed E-state index contributed by atoms with van der Waals surface area (Å²) in [6.45, 7) is 5.06. The van der Waals surface area contributed by atoms with E-state index in [1.54, 1.807) is 5.38 Å². The SMILES string of the molecule is CCCCOC(=O)c1csc2ncn(CCOc3ccc(C)cc3)c(=O)c12. The van der Waals surface area contributed by atoms with E-state index in [1.807, 2.05) is 38.1 Å². The summed E-state index contributed by atoms with van der Waals surface area (Å²) in [4.78, 5) is 29.9. The number of ether oxygens (including phenoxy) is 2. The molecule has 2 heterocycles. The van der Waals surface area contributed by atoms with Gasteiger partial charge in [-0.2, -0.15) is 0 Å². The Labute approximate surface area is 161 Å². The molecule has 0 radical (unpaired) electrons. The zero-order valence-corrected chi connectivity index (χ0v) is 16.3. The van der Waals surface area contributed by atoms with Gasteiger partial charge in [0.1, 0.15) is 17.2 Å². The lowest BCUT2D eigenvalue weighted by Gasteiger charge is -2.09. The first-order valence-corrected chi connectivity index (χ1v) is 9.81. The fourth-order valence-electron chi connectivity index (χ4n) is 2.56. The van der Waals surface area contributed by atoms with Crippen molar-refractivity contribution in [1.29, 1.82) is 0 Å². The lowest BCUT2D eigenvalue weighted by molar-refractivity contribution is 0.0502. The van der Waals surface area contributed by atoms with Gasteiger partial charge in [-0.3, -0.25) is 9.36 Å². The summed E-state index contributed by atoms with van der Waals surface area (Å²) in [6.07, 6.45) is 3.23. The molecule has 1 aromatic carbocycles. The standard InChI is InChI=1S/C20H22N2O4S/c1-3-4-10-26-20(24)16-12-27-18-17(16)19(23)22(13-21-18)9-11-25-15-7-5-14(2)6-8-15/h5-8,12-13H,3-4,9-11H2,1-2H3. The number of thiophene rings is 1. The third-order valence-corrected chi connectivity index (χ3v) is 5.02. The number of esters is 1. The second kappa shape index (κ2) is 8.81. The molecule has 3 aromatic rings. The molecule has 0 unspecified atom stereocenters. The normalized spacial score (nSPS) is 10.9. The van der Waals surface area contributed by atoms with Crippen molar-refractivity contribution in [2.75, 3.05) is 13.2 Å². The number of rotatable bonds is 8. The van der Waals surface area contributed by atoms with Crippen molar-refractivity contribution < 1.29 is 14.3 Å². The Hall–Kier alpha value is -2.67. The zero-order valence-electron chi connectivity index (χ0n) is 15.4. The molecule has 0 aliphatic rings. The average Bonchev–Trinajstić information content (AvgIpc) is 3.10. The van der Waals surface area contributed by atoms with Crippen molar-refractivity contribution in [3.63, 3.8) is 0 Å². The van der Waals surface area contributed by atoms with Crippen molar-refractivity contribution in [1.82, 2.24) is 9.55 Å². The summed E-state index contributed by atoms with van der Waals surface area (Å²) in [5.74, 6) is 0.278. The number of aryl methyl sites for hydroxylation is 1. The zero-order chi connectivity index (χ0) is 19.2. The van der Waals surface area contributed by atoms with Crippen LogP contribution in [0.4, 0.5) is 0 Å². The fraction of sp³-hybridized carbons (Fsp3) is 0.350. The highest BCUT2D eigenvalue weighted by Crippen LogP contribution is 2.21. The van der Waals surface area contributed by atoms with E-state index in [4.69, 9.17) is 9.47 Å². The highest BCUT2D eigenvalue weighted by atomic mass is 32.1. The van der Waals surface area contributed by atoms with Crippen LogP contribution in [0.25, 0.3) is 10.2 Å². The number of carbonyl (C=O) groups is 1.